The number of rotatable bonds is 2. The number of nitrogens with zero attached hydrogens (tertiary/aromatic N) is 2. The summed E-state index contributed by atoms with van der Waals surface area (Å²) in [6, 6.07) is 15.6. The van der Waals surface area contributed by atoms with E-state index in [-0.39, 0.29) is 0 Å². The largest absolute Gasteiger partial charge is 0.489 e. The fourth-order valence-electron chi connectivity index (χ4n) is 2.50. The Balaban J connectivity index is 1.96. The third kappa shape index (κ3) is 2.14. The number of hydrogen-bond donors (Lipinski definition) is 1. The number of para-hydroxylation sites is 1. The van der Waals surface area contributed by atoms with E-state index in [0.29, 0.717) is 24.4 Å². The van der Waals surface area contributed by atoms with Crippen LogP contribution in [0.3, 0.4) is 0 Å². The van der Waals surface area contributed by atoms with Crippen LogP contribution in [0.4, 0.5) is 11.4 Å². The lowest BCUT2D eigenvalue weighted by Gasteiger charge is -2.32. The summed E-state index contributed by atoms with van der Waals surface area (Å²) < 4.78 is 5.64. The van der Waals surface area contributed by atoms with E-state index in [2.05, 4.69) is 11.0 Å². The van der Waals surface area contributed by atoms with Crippen molar-refractivity contribution >= 4 is 11.4 Å². The van der Waals surface area contributed by atoms with Crippen LogP contribution in [0.15, 0.2) is 42.5 Å². The monoisotopic (exact) mass is 265 g/mol. The Kier molecular flexibility index (Phi) is 3.18. The van der Waals surface area contributed by atoms with E-state index < -0.39 is 0 Å². The molecule has 4 heteroatoms. The first-order chi connectivity index (χ1) is 9.79. The summed E-state index contributed by atoms with van der Waals surface area (Å²) in [5.74, 6) is 0.811. The average Bonchev–Trinajstić information content (AvgIpc) is 2.48. The van der Waals surface area contributed by atoms with Gasteiger partial charge in [0.05, 0.1) is 23.9 Å². The zero-order chi connectivity index (χ0) is 13.9. The van der Waals surface area contributed by atoms with Crippen LogP contribution >= 0.6 is 0 Å². The van der Waals surface area contributed by atoms with Crippen LogP contribution in [0.2, 0.25) is 0 Å². The van der Waals surface area contributed by atoms with Crippen LogP contribution in [0.5, 0.6) is 5.75 Å². The molecule has 3 rings (SSSR count). The molecular weight excluding hydrogens is 250 g/mol. The molecule has 0 bridgehead atoms. The Morgan fingerprint density at radius 1 is 1.20 bits per heavy atom. The molecule has 0 atom stereocenters. The Hall–Kier alpha value is -2.67. The lowest BCUT2D eigenvalue weighted by Crippen LogP contribution is -2.33. The smallest absolute Gasteiger partial charge is 0.144 e. The second-order valence-electron chi connectivity index (χ2n) is 4.73. The van der Waals surface area contributed by atoms with Gasteiger partial charge in [0.25, 0.3) is 0 Å². The van der Waals surface area contributed by atoms with E-state index in [4.69, 9.17) is 10.5 Å². The van der Waals surface area contributed by atoms with Crippen molar-refractivity contribution < 1.29 is 4.74 Å². The molecule has 0 aliphatic carbocycles. The van der Waals surface area contributed by atoms with Gasteiger partial charge in [-0.15, -0.1) is 0 Å². The number of fused-ring (bicyclic) bond motifs is 1. The van der Waals surface area contributed by atoms with Crippen LogP contribution in [0, 0.1) is 11.3 Å². The van der Waals surface area contributed by atoms with Gasteiger partial charge in [0.2, 0.25) is 0 Å². The van der Waals surface area contributed by atoms with Gasteiger partial charge >= 0.3 is 0 Å². The van der Waals surface area contributed by atoms with Crippen LogP contribution in [0.1, 0.15) is 11.1 Å². The molecule has 1 heterocycles. The van der Waals surface area contributed by atoms with Gasteiger partial charge in [-0.2, -0.15) is 5.26 Å². The van der Waals surface area contributed by atoms with Gasteiger partial charge in [0.15, 0.2) is 0 Å². The Labute approximate surface area is 118 Å². The number of ether oxygens (including phenoxy) is 1. The summed E-state index contributed by atoms with van der Waals surface area (Å²) in [6.45, 7) is 2.06. The first kappa shape index (κ1) is 12.4. The van der Waals surface area contributed by atoms with E-state index in [1.807, 2.05) is 42.5 Å². The van der Waals surface area contributed by atoms with Gasteiger partial charge in [-0.3, -0.25) is 0 Å². The van der Waals surface area contributed by atoms with Gasteiger partial charge in [-0.05, 0) is 23.8 Å². The molecule has 4 nitrogen and oxygen atoms in total. The zero-order valence-corrected chi connectivity index (χ0v) is 11.0. The van der Waals surface area contributed by atoms with Crippen LogP contribution in [-0.2, 0) is 6.54 Å². The highest BCUT2D eigenvalue weighted by Crippen LogP contribution is 2.37. The third-order valence-corrected chi connectivity index (χ3v) is 3.46. The average molecular weight is 265 g/mol. The molecule has 20 heavy (non-hydrogen) atoms. The molecular formula is C16H15N3O. The maximum atomic E-state index is 9.18. The fraction of sp³-hybridized carbons (Fsp3) is 0.188. The molecule has 1 aliphatic heterocycles. The van der Waals surface area contributed by atoms with Crippen molar-refractivity contribution in [1.82, 2.24) is 0 Å². The number of benzene rings is 2. The summed E-state index contributed by atoms with van der Waals surface area (Å²) in [5, 5.41) is 9.18. The molecule has 2 N–H and O–H groups in total. The van der Waals surface area contributed by atoms with Gasteiger partial charge in [0.1, 0.15) is 18.0 Å². The quantitative estimate of drug-likeness (QED) is 0.848. The third-order valence-electron chi connectivity index (χ3n) is 3.46. The minimum Gasteiger partial charge on any atom is -0.489 e. The van der Waals surface area contributed by atoms with E-state index in [1.165, 1.54) is 0 Å². The number of nitriles is 1. The van der Waals surface area contributed by atoms with E-state index in [1.54, 1.807) is 0 Å². The summed E-state index contributed by atoms with van der Waals surface area (Å²) >= 11 is 0. The van der Waals surface area contributed by atoms with Gasteiger partial charge in [0, 0.05) is 6.54 Å². The highest BCUT2D eigenvalue weighted by atomic mass is 16.5. The summed E-state index contributed by atoms with van der Waals surface area (Å²) in [6.07, 6.45) is 0. The van der Waals surface area contributed by atoms with E-state index in [0.717, 1.165) is 23.5 Å². The van der Waals surface area contributed by atoms with E-state index in [9.17, 15) is 5.26 Å². The lowest BCUT2D eigenvalue weighted by molar-refractivity contribution is 0.307. The highest BCUT2D eigenvalue weighted by molar-refractivity contribution is 5.75. The fourth-order valence-corrected chi connectivity index (χ4v) is 2.50. The second kappa shape index (κ2) is 5.14. The number of nitrogen functional groups attached to an aromatic ring is 1. The van der Waals surface area contributed by atoms with Crippen LogP contribution in [0.25, 0.3) is 0 Å². The maximum Gasteiger partial charge on any atom is 0.144 e. The van der Waals surface area contributed by atoms with Crippen molar-refractivity contribution in [2.75, 3.05) is 23.8 Å². The SMILES string of the molecule is N#Cc1ccccc1CN1CCOc2cccc(N)c21. The molecule has 2 aromatic carbocycles. The van der Waals surface area contributed by atoms with Gasteiger partial charge in [-0.1, -0.05) is 24.3 Å². The van der Waals surface area contributed by atoms with Crippen molar-refractivity contribution in [3.05, 3.63) is 53.6 Å². The molecule has 0 aromatic heterocycles. The predicted octanol–water partition coefficient (Wildman–Crippen LogP) is 2.54. The van der Waals surface area contributed by atoms with Crippen LogP contribution in [-0.4, -0.2) is 13.2 Å². The van der Waals surface area contributed by atoms with Crippen molar-refractivity contribution in [3.63, 3.8) is 0 Å². The van der Waals surface area contributed by atoms with Crippen molar-refractivity contribution in [1.29, 1.82) is 5.26 Å². The molecule has 0 fully saturated rings. The van der Waals surface area contributed by atoms with E-state index >= 15 is 0 Å². The predicted molar refractivity (Wildman–Crippen MR) is 78.6 cm³/mol. The number of anilines is 2. The second-order valence-corrected chi connectivity index (χ2v) is 4.73. The van der Waals surface area contributed by atoms with Crippen molar-refractivity contribution in [2.45, 2.75) is 6.54 Å². The minimum absolute atomic E-state index is 0.630. The molecule has 0 saturated heterocycles. The lowest BCUT2D eigenvalue weighted by atomic mass is 10.1. The standard InChI is InChI=1S/C16H15N3O/c17-10-12-4-1-2-5-13(12)11-19-8-9-20-15-7-3-6-14(18)16(15)19/h1-7H,8-9,11,18H2. The first-order valence-corrected chi connectivity index (χ1v) is 6.54. The van der Waals surface area contributed by atoms with Gasteiger partial charge in [-0.25, -0.2) is 0 Å². The van der Waals surface area contributed by atoms with Crippen molar-refractivity contribution in [2.24, 2.45) is 0 Å². The number of hydrogen-bond acceptors (Lipinski definition) is 4. The molecule has 0 amide bonds. The molecule has 0 saturated carbocycles. The first-order valence-electron chi connectivity index (χ1n) is 6.54. The Morgan fingerprint density at radius 2 is 2.05 bits per heavy atom. The van der Waals surface area contributed by atoms with Gasteiger partial charge < -0.3 is 15.4 Å². The summed E-state index contributed by atoms with van der Waals surface area (Å²) in [7, 11) is 0. The van der Waals surface area contributed by atoms with Crippen LogP contribution < -0.4 is 15.4 Å². The Morgan fingerprint density at radius 3 is 2.90 bits per heavy atom. The molecule has 1 aliphatic rings. The minimum atomic E-state index is 0.630. The Bertz CT molecular complexity index is 676. The molecule has 0 unspecified atom stereocenters. The zero-order valence-electron chi connectivity index (χ0n) is 11.0. The summed E-state index contributed by atoms with van der Waals surface area (Å²) in [5.41, 5.74) is 9.41. The molecule has 2 aromatic rings. The number of nitrogens with two attached hydrogens (primary N) is 1. The maximum absolute atomic E-state index is 9.18. The molecule has 0 spiro atoms. The molecule has 0 radical (unpaired) electrons. The highest BCUT2D eigenvalue weighted by Gasteiger charge is 2.21. The normalized spacial score (nSPS) is 13.2. The van der Waals surface area contributed by atoms with Crippen molar-refractivity contribution in [3.8, 4) is 11.8 Å². The topological polar surface area (TPSA) is 62.3 Å². The summed E-state index contributed by atoms with van der Waals surface area (Å²) in [4.78, 5) is 2.17. The molecule has 100 valence electrons.